The van der Waals surface area contributed by atoms with Gasteiger partial charge in [-0.15, -0.1) is 0 Å². The first-order chi connectivity index (χ1) is 33.6. The first-order valence-electron chi connectivity index (χ1n) is 28.8. The lowest BCUT2D eigenvalue weighted by Crippen LogP contribution is -2.30. The van der Waals surface area contributed by atoms with E-state index in [1.165, 1.54) is 148 Å². The number of rotatable bonds is 52. The average molecular weight is 946 g/mol. The molecule has 0 aliphatic carbocycles. The highest BCUT2D eigenvalue weighted by molar-refractivity contribution is 5.70. The van der Waals surface area contributed by atoms with Crippen LogP contribution in [-0.4, -0.2) is 37.9 Å². The molecule has 0 aliphatic rings. The van der Waals surface area contributed by atoms with E-state index >= 15 is 0 Å². The van der Waals surface area contributed by atoms with Crippen LogP contribution in [0.1, 0.15) is 265 Å². The first kappa shape index (κ1) is 64.8. The maximum absolute atomic E-state index is 12.9. The molecule has 0 fully saturated rings. The van der Waals surface area contributed by atoms with Crippen molar-refractivity contribution < 1.29 is 23.8 Å². The van der Waals surface area contributed by atoms with E-state index in [0.717, 1.165) is 83.5 Å². The summed E-state index contributed by atoms with van der Waals surface area (Å²) in [6, 6.07) is 0. The van der Waals surface area contributed by atoms with Crippen LogP contribution in [0.2, 0.25) is 0 Å². The molecule has 0 saturated carbocycles. The molecule has 0 amide bonds. The van der Waals surface area contributed by atoms with E-state index in [0.29, 0.717) is 19.4 Å². The lowest BCUT2D eigenvalue weighted by molar-refractivity contribution is -0.163. The molecule has 0 radical (unpaired) electrons. The fourth-order valence-electron chi connectivity index (χ4n) is 7.81. The molecule has 5 heteroatoms. The SMILES string of the molecule is CC/C=C\C/C=C\C/C=C\C/C=C\C/C=C\CCCC(=O)OCC(COCCCCCCCCCC/C=C\CCCCCCCC)OC(=O)CCCCCCCCC/C=C\C/C=C\CCCCC. The fourth-order valence-corrected chi connectivity index (χ4v) is 7.81. The highest BCUT2D eigenvalue weighted by Gasteiger charge is 2.17. The largest absolute Gasteiger partial charge is 0.462 e. The Morgan fingerprint density at radius 3 is 1.15 bits per heavy atom. The van der Waals surface area contributed by atoms with Crippen molar-refractivity contribution in [2.75, 3.05) is 19.8 Å². The van der Waals surface area contributed by atoms with E-state index in [9.17, 15) is 9.59 Å². The highest BCUT2D eigenvalue weighted by atomic mass is 16.6. The van der Waals surface area contributed by atoms with Crippen LogP contribution in [0.4, 0.5) is 0 Å². The summed E-state index contributed by atoms with van der Waals surface area (Å²) in [5.41, 5.74) is 0. The first-order valence-corrected chi connectivity index (χ1v) is 28.8. The normalized spacial score (nSPS) is 12.9. The van der Waals surface area contributed by atoms with Gasteiger partial charge in [0.2, 0.25) is 0 Å². The number of ether oxygens (including phenoxy) is 3. The van der Waals surface area contributed by atoms with Crippen LogP contribution < -0.4 is 0 Å². The molecule has 0 N–H and O–H groups in total. The zero-order valence-corrected chi connectivity index (χ0v) is 44.8. The van der Waals surface area contributed by atoms with Gasteiger partial charge in [0.1, 0.15) is 6.61 Å². The predicted molar refractivity (Wildman–Crippen MR) is 297 cm³/mol. The van der Waals surface area contributed by atoms with Gasteiger partial charge in [0.15, 0.2) is 6.10 Å². The van der Waals surface area contributed by atoms with Crippen LogP contribution in [0, 0.1) is 0 Å². The molecule has 5 nitrogen and oxygen atoms in total. The van der Waals surface area contributed by atoms with E-state index in [1.54, 1.807) is 0 Å². The molecule has 1 unspecified atom stereocenters. The number of allylic oxidation sites excluding steroid dienone is 16. The summed E-state index contributed by atoms with van der Waals surface area (Å²) >= 11 is 0. The second kappa shape index (κ2) is 58.1. The van der Waals surface area contributed by atoms with Crippen LogP contribution in [0.15, 0.2) is 97.2 Å². The Labute approximate surface area is 422 Å². The summed E-state index contributed by atoms with van der Waals surface area (Å²) in [7, 11) is 0. The van der Waals surface area contributed by atoms with Gasteiger partial charge in [-0.25, -0.2) is 0 Å². The van der Waals surface area contributed by atoms with Gasteiger partial charge in [-0.1, -0.05) is 234 Å². The Morgan fingerprint density at radius 2 is 0.676 bits per heavy atom. The summed E-state index contributed by atoms with van der Waals surface area (Å²) in [6.07, 6.45) is 78.6. The third kappa shape index (κ3) is 55.4. The van der Waals surface area contributed by atoms with Crippen molar-refractivity contribution in [2.24, 2.45) is 0 Å². The summed E-state index contributed by atoms with van der Waals surface area (Å²) in [6.45, 7) is 7.63. The van der Waals surface area contributed by atoms with Crippen molar-refractivity contribution in [2.45, 2.75) is 271 Å². The van der Waals surface area contributed by atoms with E-state index in [2.05, 4.69) is 118 Å². The van der Waals surface area contributed by atoms with E-state index in [-0.39, 0.29) is 25.2 Å². The average Bonchev–Trinajstić information content (AvgIpc) is 3.34. The van der Waals surface area contributed by atoms with Crippen LogP contribution in [-0.2, 0) is 23.8 Å². The molecule has 0 aromatic heterocycles. The summed E-state index contributed by atoms with van der Waals surface area (Å²) in [5.74, 6) is -0.473. The smallest absolute Gasteiger partial charge is 0.306 e. The van der Waals surface area contributed by atoms with Gasteiger partial charge >= 0.3 is 11.9 Å². The van der Waals surface area contributed by atoms with Crippen molar-refractivity contribution in [3.8, 4) is 0 Å². The van der Waals surface area contributed by atoms with Crippen LogP contribution in [0.25, 0.3) is 0 Å². The van der Waals surface area contributed by atoms with Gasteiger partial charge in [-0.05, 0) is 116 Å². The lowest BCUT2D eigenvalue weighted by atomic mass is 10.1. The number of hydrogen-bond acceptors (Lipinski definition) is 5. The van der Waals surface area contributed by atoms with Crippen molar-refractivity contribution in [1.82, 2.24) is 0 Å². The number of hydrogen-bond donors (Lipinski definition) is 0. The Bertz CT molecular complexity index is 1300. The minimum Gasteiger partial charge on any atom is -0.462 e. The maximum Gasteiger partial charge on any atom is 0.306 e. The Balaban J connectivity index is 4.38. The Kier molecular flexibility index (Phi) is 55.4. The second-order valence-electron chi connectivity index (χ2n) is 18.8. The zero-order chi connectivity index (χ0) is 49.2. The molecule has 0 bridgehead atoms. The van der Waals surface area contributed by atoms with Crippen LogP contribution >= 0.6 is 0 Å². The van der Waals surface area contributed by atoms with Gasteiger partial charge in [0.05, 0.1) is 6.61 Å². The minimum absolute atomic E-state index is 0.0477. The quantitative estimate of drug-likeness (QED) is 0.0345. The number of esters is 2. The summed E-state index contributed by atoms with van der Waals surface area (Å²) < 4.78 is 17.4. The van der Waals surface area contributed by atoms with Gasteiger partial charge in [-0.3, -0.25) is 9.59 Å². The van der Waals surface area contributed by atoms with Crippen LogP contribution in [0.5, 0.6) is 0 Å². The predicted octanol–water partition coefficient (Wildman–Crippen LogP) is 19.8. The molecule has 0 aliphatic heterocycles. The van der Waals surface area contributed by atoms with Crippen molar-refractivity contribution >= 4 is 11.9 Å². The topological polar surface area (TPSA) is 61.8 Å². The molecule has 0 heterocycles. The molecule has 0 saturated heterocycles. The molecule has 68 heavy (non-hydrogen) atoms. The molecule has 390 valence electrons. The fraction of sp³-hybridized carbons (Fsp3) is 0.714. The Morgan fingerprint density at radius 1 is 0.338 bits per heavy atom. The van der Waals surface area contributed by atoms with Gasteiger partial charge in [0, 0.05) is 19.4 Å². The standard InChI is InChI=1S/C63H108O5/c1-4-7-10-13-16-19-22-25-28-31-34-37-40-43-46-49-52-55-58-66-59-61(68-63(65)57-54-51-48-45-42-39-36-33-30-27-24-21-18-15-12-9-6-3)60-67-62(64)56-53-50-47-44-41-38-35-32-29-26-23-20-17-14-11-8-5-2/h8,11,17-18,20-21,25-30,35,38,44,47,61H,4-7,9-10,12-16,19,22-24,31-34,36-37,39-43,45-46,48-60H2,1-3H3/b11-8-,20-17-,21-18-,28-25-,29-26-,30-27-,38-35-,47-44-. The second-order valence-corrected chi connectivity index (χ2v) is 18.8. The molecular weight excluding hydrogens is 837 g/mol. The number of carbonyl (C=O) groups excluding carboxylic acids is 2. The monoisotopic (exact) mass is 945 g/mol. The number of unbranched alkanes of at least 4 members (excludes halogenated alkanes) is 25. The molecule has 0 rings (SSSR count). The summed E-state index contributed by atoms with van der Waals surface area (Å²) in [5, 5.41) is 0. The zero-order valence-electron chi connectivity index (χ0n) is 44.8. The van der Waals surface area contributed by atoms with Gasteiger partial charge < -0.3 is 14.2 Å². The molecular formula is C63H108O5. The molecule has 0 aromatic carbocycles. The number of carbonyl (C=O) groups is 2. The van der Waals surface area contributed by atoms with Gasteiger partial charge in [-0.2, -0.15) is 0 Å². The van der Waals surface area contributed by atoms with Gasteiger partial charge in [0.25, 0.3) is 0 Å². The van der Waals surface area contributed by atoms with Crippen molar-refractivity contribution in [3.05, 3.63) is 97.2 Å². The minimum atomic E-state index is -0.571. The maximum atomic E-state index is 12.9. The molecule has 0 spiro atoms. The Hall–Kier alpha value is -3.18. The lowest BCUT2D eigenvalue weighted by Gasteiger charge is -2.18. The molecule has 0 aromatic rings. The third-order valence-corrected chi connectivity index (χ3v) is 12.1. The summed E-state index contributed by atoms with van der Waals surface area (Å²) in [4.78, 5) is 25.5. The van der Waals surface area contributed by atoms with Crippen molar-refractivity contribution in [1.29, 1.82) is 0 Å². The van der Waals surface area contributed by atoms with E-state index in [4.69, 9.17) is 14.2 Å². The molecule has 1 atom stereocenters. The van der Waals surface area contributed by atoms with E-state index < -0.39 is 6.10 Å². The van der Waals surface area contributed by atoms with E-state index in [1.807, 2.05) is 0 Å². The highest BCUT2D eigenvalue weighted by Crippen LogP contribution is 2.14. The van der Waals surface area contributed by atoms with Crippen LogP contribution in [0.3, 0.4) is 0 Å². The van der Waals surface area contributed by atoms with Crippen molar-refractivity contribution in [3.63, 3.8) is 0 Å². The third-order valence-electron chi connectivity index (χ3n) is 12.1.